The number of hydrogen-bond donors (Lipinski definition) is 1. The fourth-order valence-electron chi connectivity index (χ4n) is 1.99. The highest BCUT2D eigenvalue weighted by molar-refractivity contribution is 6.30. The molecule has 2 N–H and O–H groups in total. The van der Waals surface area contributed by atoms with Crippen molar-refractivity contribution < 1.29 is 4.74 Å². The van der Waals surface area contributed by atoms with Crippen molar-refractivity contribution in [2.75, 3.05) is 5.73 Å². The number of anilines is 1. The number of nitrogens with two attached hydrogens (primary N) is 1. The van der Waals surface area contributed by atoms with Crippen LogP contribution in [-0.4, -0.2) is 4.98 Å². The van der Waals surface area contributed by atoms with Crippen molar-refractivity contribution in [1.29, 1.82) is 0 Å². The Balaban J connectivity index is 1.81. The third-order valence-electron chi connectivity index (χ3n) is 3.02. The summed E-state index contributed by atoms with van der Waals surface area (Å²) in [7, 11) is 0. The van der Waals surface area contributed by atoms with Crippen molar-refractivity contribution >= 4 is 17.3 Å². The van der Waals surface area contributed by atoms with Crippen molar-refractivity contribution in [3.8, 4) is 22.8 Å². The average Bonchev–Trinajstić information content (AvgIpc) is 2.52. The van der Waals surface area contributed by atoms with Crippen molar-refractivity contribution in [2.24, 2.45) is 0 Å². The summed E-state index contributed by atoms with van der Waals surface area (Å²) in [5, 5.41) is 0.485. The van der Waals surface area contributed by atoms with Crippen molar-refractivity contribution in [1.82, 2.24) is 4.98 Å². The zero-order valence-electron chi connectivity index (χ0n) is 11.2. The van der Waals surface area contributed by atoms with Gasteiger partial charge in [-0.2, -0.15) is 0 Å². The van der Waals surface area contributed by atoms with E-state index in [0.29, 0.717) is 22.3 Å². The summed E-state index contributed by atoms with van der Waals surface area (Å²) in [6, 6.07) is 19.5. The van der Waals surface area contributed by atoms with E-state index >= 15 is 0 Å². The van der Waals surface area contributed by atoms with E-state index in [-0.39, 0.29) is 0 Å². The first-order valence-corrected chi connectivity index (χ1v) is 6.84. The van der Waals surface area contributed by atoms with Gasteiger partial charge in [0, 0.05) is 6.20 Å². The van der Waals surface area contributed by atoms with Gasteiger partial charge in [0.25, 0.3) is 0 Å². The number of rotatable bonds is 3. The smallest absolute Gasteiger partial charge is 0.242 e. The molecule has 3 nitrogen and oxygen atoms in total. The fourth-order valence-corrected chi connectivity index (χ4v) is 2.15. The zero-order chi connectivity index (χ0) is 14.7. The van der Waals surface area contributed by atoms with Crippen LogP contribution in [0.1, 0.15) is 0 Å². The molecule has 0 saturated heterocycles. The molecule has 0 atom stereocenters. The third kappa shape index (κ3) is 3.15. The SMILES string of the molecule is Nc1cc(Cl)cnc1Oc1ccc(-c2ccccc2)cc1. The highest BCUT2D eigenvalue weighted by Crippen LogP contribution is 2.28. The van der Waals surface area contributed by atoms with Crippen LogP contribution >= 0.6 is 11.6 Å². The number of nitrogen functional groups attached to an aromatic ring is 1. The number of nitrogens with zero attached hydrogens (tertiary/aromatic N) is 1. The van der Waals surface area contributed by atoms with Crippen molar-refractivity contribution in [3.63, 3.8) is 0 Å². The molecule has 0 fully saturated rings. The van der Waals surface area contributed by atoms with Crippen molar-refractivity contribution in [3.05, 3.63) is 71.9 Å². The fraction of sp³-hybridized carbons (Fsp3) is 0. The minimum Gasteiger partial charge on any atom is -0.437 e. The lowest BCUT2D eigenvalue weighted by Gasteiger charge is -2.08. The van der Waals surface area contributed by atoms with Gasteiger partial charge in [0.15, 0.2) is 0 Å². The first-order valence-electron chi connectivity index (χ1n) is 6.47. The number of halogens is 1. The Kier molecular flexibility index (Phi) is 3.75. The lowest BCUT2D eigenvalue weighted by Crippen LogP contribution is -1.94. The van der Waals surface area contributed by atoms with Crippen LogP contribution in [0.25, 0.3) is 11.1 Å². The van der Waals surface area contributed by atoms with Gasteiger partial charge in [0.1, 0.15) is 5.75 Å². The molecule has 1 aromatic heterocycles. The third-order valence-corrected chi connectivity index (χ3v) is 3.23. The number of pyridine rings is 1. The lowest BCUT2D eigenvalue weighted by molar-refractivity contribution is 0.465. The maximum absolute atomic E-state index is 5.82. The van der Waals surface area contributed by atoms with Crippen LogP contribution in [-0.2, 0) is 0 Å². The Labute approximate surface area is 128 Å². The molecule has 2 aromatic carbocycles. The molecule has 0 radical (unpaired) electrons. The Morgan fingerprint density at radius 3 is 2.24 bits per heavy atom. The monoisotopic (exact) mass is 296 g/mol. The molecule has 4 heteroatoms. The highest BCUT2D eigenvalue weighted by atomic mass is 35.5. The first kappa shape index (κ1) is 13.5. The summed E-state index contributed by atoms with van der Waals surface area (Å²) in [4.78, 5) is 4.07. The van der Waals surface area contributed by atoms with Gasteiger partial charge in [-0.3, -0.25) is 0 Å². The molecule has 0 bridgehead atoms. The van der Waals surface area contributed by atoms with Gasteiger partial charge in [-0.1, -0.05) is 54.1 Å². The van der Waals surface area contributed by atoms with Gasteiger partial charge in [-0.05, 0) is 29.3 Å². The van der Waals surface area contributed by atoms with Crippen LogP contribution in [0.2, 0.25) is 5.02 Å². The maximum Gasteiger partial charge on any atom is 0.242 e. The van der Waals surface area contributed by atoms with Crippen LogP contribution in [0.4, 0.5) is 5.69 Å². The molecule has 0 aliphatic carbocycles. The second kappa shape index (κ2) is 5.85. The van der Waals surface area contributed by atoms with Crippen LogP contribution in [0.15, 0.2) is 66.9 Å². The quantitative estimate of drug-likeness (QED) is 0.757. The van der Waals surface area contributed by atoms with Gasteiger partial charge in [0.2, 0.25) is 5.88 Å². The highest BCUT2D eigenvalue weighted by Gasteiger charge is 2.05. The predicted molar refractivity (Wildman–Crippen MR) is 85.6 cm³/mol. The molecule has 3 aromatic rings. The van der Waals surface area contributed by atoms with Crippen molar-refractivity contribution in [2.45, 2.75) is 0 Å². The molecule has 3 rings (SSSR count). The van der Waals surface area contributed by atoms with Gasteiger partial charge < -0.3 is 10.5 Å². The number of benzene rings is 2. The number of aromatic nitrogens is 1. The molecular weight excluding hydrogens is 284 g/mol. The van der Waals surface area contributed by atoms with Crippen LogP contribution in [0, 0.1) is 0 Å². The van der Waals surface area contributed by atoms with Gasteiger partial charge in [-0.15, -0.1) is 0 Å². The van der Waals surface area contributed by atoms with Crippen LogP contribution in [0.3, 0.4) is 0 Å². The standard InChI is InChI=1S/C17H13ClN2O/c18-14-10-16(19)17(20-11-14)21-15-8-6-13(7-9-15)12-4-2-1-3-5-12/h1-11H,19H2. The first-order chi connectivity index (χ1) is 10.2. The van der Waals surface area contributed by atoms with E-state index in [1.54, 1.807) is 6.07 Å². The van der Waals surface area contributed by atoms with E-state index < -0.39 is 0 Å². The van der Waals surface area contributed by atoms with E-state index in [4.69, 9.17) is 22.1 Å². The molecule has 104 valence electrons. The predicted octanol–water partition coefficient (Wildman–Crippen LogP) is 4.78. The zero-order valence-corrected chi connectivity index (χ0v) is 11.9. The molecule has 0 saturated carbocycles. The van der Waals surface area contributed by atoms with E-state index in [0.717, 1.165) is 11.1 Å². The second-order valence-electron chi connectivity index (χ2n) is 4.54. The van der Waals surface area contributed by atoms with Crippen LogP contribution < -0.4 is 10.5 Å². The summed E-state index contributed by atoms with van der Waals surface area (Å²) >= 11 is 5.81. The van der Waals surface area contributed by atoms with E-state index in [1.165, 1.54) is 6.20 Å². The number of hydrogen-bond acceptors (Lipinski definition) is 3. The summed E-state index contributed by atoms with van der Waals surface area (Å²) in [6.07, 6.45) is 1.51. The molecule has 0 unspecified atom stereocenters. The Hall–Kier alpha value is -2.52. The van der Waals surface area contributed by atoms with E-state index in [9.17, 15) is 0 Å². The van der Waals surface area contributed by atoms with Gasteiger partial charge in [-0.25, -0.2) is 4.98 Å². The molecule has 21 heavy (non-hydrogen) atoms. The summed E-state index contributed by atoms with van der Waals surface area (Å²) < 4.78 is 5.66. The Morgan fingerprint density at radius 1 is 0.905 bits per heavy atom. The normalized spacial score (nSPS) is 10.3. The minimum absolute atomic E-state index is 0.354. The Bertz CT molecular complexity index is 742. The topological polar surface area (TPSA) is 48.1 Å². The summed E-state index contributed by atoms with van der Waals surface area (Å²) in [6.45, 7) is 0. The van der Waals surface area contributed by atoms with E-state index in [2.05, 4.69) is 17.1 Å². The summed E-state index contributed by atoms with van der Waals surface area (Å²) in [5.41, 5.74) is 8.52. The molecular formula is C17H13ClN2O. The minimum atomic E-state index is 0.354. The maximum atomic E-state index is 5.82. The van der Waals surface area contributed by atoms with E-state index in [1.807, 2.05) is 42.5 Å². The van der Waals surface area contributed by atoms with Crippen LogP contribution in [0.5, 0.6) is 11.6 Å². The number of ether oxygens (including phenoxy) is 1. The average molecular weight is 297 g/mol. The second-order valence-corrected chi connectivity index (χ2v) is 4.98. The molecule has 0 aliphatic rings. The van der Waals surface area contributed by atoms with Gasteiger partial charge in [0.05, 0.1) is 10.7 Å². The molecule has 0 spiro atoms. The molecule has 0 amide bonds. The lowest BCUT2D eigenvalue weighted by atomic mass is 10.1. The molecule has 0 aliphatic heterocycles. The largest absolute Gasteiger partial charge is 0.437 e. The Morgan fingerprint density at radius 2 is 1.57 bits per heavy atom. The van der Waals surface area contributed by atoms with Gasteiger partial charge >= 0.3 is 0 Å². The summed E-state index contributed by atoms with van der Waals surface area (Å²) in [5.74, 6) is 1.03. The molecule has 1 heterocycles.